The lowest BCUT2D eigenvalue weighted by molar-refractivity contribution is -0.114. The van der Waals surface area contributed by atoms with Gasteiger partial charge in [0.25, 0.3) is 0 Å². The number of anilines is 2. The van der Waals surface area contributed by atoms with Gasteiger partial charge in [-0.2, -0.15) is 0 Å². The standard InChI is InChI=1S/C15H18Cl2N4O3S3/c1-9(2)8-25-15-20-19-14(26-15)18-13(22)7-21(27(3,23)24)12-5-10(16)4-11(17)6-12/h4-6,9H,7-8H2,1-3H3,(H,18,19,22). The molecule has 1 aromatic carbocycles. The number of hydrogen-bond acceptors (Lipinski definition) is 7. The van der Waals surface area contributed by atoms with Crippen LogP contribution in [0.25, 0.3) is 0 Å². The number of nitrogens with one attached hydrogen (secondary N) is 1. The number of nitrogens with zero attached hydrogens (tertiary/aromatic N) is 3. The van der Waals surface area contributed by atoms with E-state index in [-0.39, 0.29) is 15.7 Å². The van der Waals surface area contributed by atoms with E-state index in [4.69, 9.17) is 23.2 Å². The number of amides is 1. The number of aromatic nitrogens is 2. The highest BCUT2D eigenvalue weighted by molar-refractivity contribution is 8.01. The molecule has 0 saturated carbocycles. The maximum Gasteiger partial charge on any atom is 0.246 e. The van der Waals surface area contributed by atoms with Gasteiger partial charge in [0.2, 0.25) is 21.1 Å². The second kappa shape index (κ2) is 9.42. The van der Waals surface area contributed by atoms with E-state index in [1.807, 2.05) is 0 Å². The van der Waals surface area contributed by atoms with E-state index in [1.54, 1.807) is 11.8 Å². The first-order chi connectivity index (χ1) is 12.5. The van der Waals surface area contributed by atoms with Crippen molar-refractivity contribution in [3.8, 4) is 0 Å². The van der Waals surface area contributed by atoms with Crippen molar-refractivity contribution in [2.24, 2.45) is 5.92 Å². The summed E-state index contributed by atoms with van der Waals surface area (Å²) in [7, 11) is -3.73. The number of rotatable bonds is 8. The van der Waals surface area contributed by atoms with Gasteiger partial charge in [-0.3, -0.25) is 14.4 Å². The zero-order valence-corrected chi connectivity index (χ0v) is 18.7. The zero-order valence-electron chi connectivity index (χ0n) is 14.8. The molecule has 0 spiro atoms. The van der Waals surface area contributed by atoms with E-state index in [0.29, 0.717) is 11.0 Å². The first kappa shape index (κ1) is 22.2. The van der Waals surface area contributed by atoms with Crippen LogP contribution >= 0.6 is 46.3 Å². The van der Waals surface area contributed by atoms with Crippen LogP contribution in [-0.2, 0) is 14.8 Å². The van der Waals surface area contributed by atoms with Crippen molar-refractivity contribution in [3.63, 3.8) is 0 Å². The number of sulfonamides is 1. The molecule has 148 valence electrons. The molecule has 1 amide bonds. The molecule has 1 aromatic heterocycles. The average Bonchev–Trinajstić information content (AvgIpc) is 2.96. The minimum Gasteiger partial charge on any atom is -0.299 e. The number of benzene rings is 1. The van der Waals surface area contributed by atoms with Crippen LogP contribution in [-0.4, -0.2) is 43.1 Å². The van der Waals surface area contributed by atoms with Gasteiger partial charge in [0.15, 0.2) is 4.34 Å². The van der Waals surface area contributed by atoms with Gasteiger partial charge >= 0.3 is 0 Å². The third-order valence-electron chi connectivity index (χ3n) is 3.02. The largest absolute Gasteiger partial charge is 0.299 e. The summed E-state index contributed by atoms with van der Waals surface area (Å²) in [6.07, 6.45) is 1.00. The molecule has 1 heterocycles. The van der Waals surface area contributed by atoms with Crippen LogP contribution in [0.4, 0.5) is 10.8 Å². The van der Waals surface area contributed by atoms with Crippen LogP contribution in [0.2, 0.25) is 10.0 Å². The third kappa shape index (κ3) is 7.11. The van der Waals surface area contributed by atoms with E-state index in [1.165, 1.54) is 29.5 Å². The van der Waals surface area contributed by atoms with Gasteiger partial charge in [-0.05, 0) is 24.1 Å². The van der Waals surface area contributed by atoms with Gasteiger partial charge in [-0.25, -0.2) is 8.42 Å². The Morgan fingerprint density at radius 1 is 1.26 bits per heavy atom. The van der Waals surface area contributed by atoms with Crippen LogP contribution in [0, 0.1) is 5.92 Å². The Labute approximate surface area is 176 Å². The Hall–Kier alpha value is -1.07. The van der Waals surface area contributed by atoms with Crippen molar-refractivity contribution in [2.45, 2.75) is 18.2 Å². The van der Waals surface area contributed by atoms with Crippen molar-refractivity contribution < 1.29 is 13.2 Å². The van der Waals surface area contributed by atoms with Crippen LogP contribution < -0.4 is 9.62 Å². The Bertz CT molecular complexity index is 899. The molecule has 0 fully saturated rings. The first-order valence-corrected chi connectivity index (χ1v) is 12.1. The van der Waals surface area contributed by atoms with Crippen LogP contribution in [0.15, 0.2) is 22.5 Å². The number of carbonyl (C=O) groups excluding carboxylic acids is 1. The van der Waals surface area contributed by atoms with Crippen molar-refractivity contribution in [1.82, 2.24) is 10.2 Å². The van der Waals surface area contributed by atoms with Crippen LogP contribution in [0.1, 0.15) is 13.8 Å². The molecule has 0 aliphatic carbocycles. The Morgan fingerprint density at radius 3 is 2.44 bits per heavy atom. The summed E-state index contributed by atoms with van der Waals surface area (Å²) in [5.74, 6) is 0.845. The molecule has 0 aliphatic rings. The highest BCUT2D eigenvalue weighted by atomic mass is 35.5. The Balaban J connectivity index is 2.11. The molecule has 0 atom stereocenters. The summed E-state index contributed by atoms with van der Waals surface area (Å²) < 4.78 is 25.9. The fraction of sp³-hybridized carbons (Fsp3) is 0.400. The van der Waals surface area contributed by atoms with Crippen molar-refractivity contribution in [1.29, 1.82) is 0 Å². The molecule has 1 N–H and O–H groups in total. The quantitative estimate of drug-likeness (QED) is 0.464. The van der Waals surface area contributed by atoms with Crippen molar-refractivity contribution in [2.75, 3.05) is 28.2 Å². The summed E-state index contributed by atoms with van der Waals surface area (Å²) in [6, 6.07) is 4.32. The van der Waals surface area contributed by atoms with E-state index in [0.717, 1.165) is 20.7 Å². The first-order valence-electron chi connectivity index (χ1n) is 7.74. The van der Waals surface area contributed by atoms with E-state index >= 15 is 0 Å². The minimum atomic E-state index is -3.73. The highest BCUT2D eigenvalue weighted by Gasteiger charge is 2.22. The van der Waals surface area contributed by atoms with E-state index < -0.39 is 22.5 Å². The maximum absolute atomic E-state index is 12.3. The summed E-state index contributed by atoms with van der Waals surface area (Å²) >= 11 is 14.7. The summed E-state index contributed by atoms with van der Waals surface area (Å²) in [5.41, 5.74) is 0.204. The predicted molar refractivity (Wildman–Crippen MR) is 113 cm³/mol. The topological polar surface area (TPSA) is 92.3 Å². The van der Waals surface area contributed by atoms with Gasteiger partial charge in [0.1, 0.15) is 6.54 Å². The van der Waals surface area contributed by atoms with Gasteiger partial charge in [0, 0.05) is 15.8 Å². The highest BCUT2D eigenvalue weighted by Crippen LogP contribution is 2.28. The SMILES string of the molecule is CC(C)CSc1nnc(NC(=O)CN(c2cc(Cl)cc(Cl)c2)S(C)(=O)=O)s1. The fourth-order valence-corrected chi connectivity index (χ4v) is 5.03. The van der Waals surface area contributed by atoms with E-state index in [9.17, 15) is 13.2 Å². The van der Waals surface area contributed by atoms with Crippen molar-refractivity contribution >= 4 is 73.0 Å². The molecule has 0 saturated heterocycles. The molecule has 2 rings (SSSR count). The average molecular weight is 469 g/mol. The number of thioether (sulfide) groups is 1. The zero-order chi connectivity index (χ0) is 20.2. The molecule has 0 radical (unpaired) electrons. The molecular formula is C15H18Cl2N4O3S3. The second-order valence-corrected chi connectivity index (χ2v) is 11.0. The molecule has 12 heteroatoms. The maximum atomic E-state index is 12.3. The van der Waals surface area contributed by atoms with Crippen LogP contribution in [0.5, 0.6) is 0 Å². The lowest BCUT2D eigenvalue weighted by Gasteiger charge is -2.22. The molecule has 27 heavy (non-hydrogen) atoms. The lowest BCUT2D eigenvalue weighted by Crippen LogP contribution is -2.37. The molecule has 2 aromatic rings. The molecule has 0 bridgehead atoms. The molecule has 7 nitrogen and oxygen atoms in total. The fourth-order valence-electron chi connectivity index (χ4n) is 1.93. The second-order valence-electron chi connectivity index (χ2n) is 6.02. The number of halogens is 2. The van der Waals surface area contributed by atoms with Crippen LogP contribution in [0.3, 0.4) is 0 Å². The third-order valence-corrected chi connectivity index (χ3v) is 6.99. The smallest absolute Gasteiger partial charge is 0.246 e. The number of hydrogen-bond donors (Lipinski definition) is 1. The summed E-state index contributed by atoms with van der Waals surface area (Å²) in [6.45, 7) is 3.75. The number of carbonyl (C=O) groups is 1. The molecule has 0 unspecified atom stereocenters. The van der Waals surface area contributed by atoms with Gasteiger partial charge in [-0.1, -0.05) is 60.1 Å². The summed E-state index contributed by atoms with van der Waals surface area (Å²) in [4.78, 5) is 12.3. The van der Waals surface area contributed by atoms with Gasteiger partial charge in [0.05, 0.1) is 11.9 Å². The van der Waals surface area contributed by atoms with Gasteiger partial charge < -0.3 is 0 Å². The lowest BCUT2D eigenvalue weighted by atomic mass is 10.3. The van der Waals surface area contributed by atoms with Crippen molar-refractivity contribution in [3.05, 3.63) is 28.2 Å². The Kier molecular flexibility index (Phi) is 7.75. The summed E-state index contributed by atoms with van der Waals surface area (Å²) in [5, 5.41) is 11.3. The monoisotopic (exact) mass is 468 g/mol. The van der Waals surface area contributed by atoms with Gasteiger partial charge in [-0.15, -0.1) is 10.2 Å². The predicted octanol–water partition coefficient (Wildman–Crippen LogP) is 4.00. The molecule has 0 aliphatic heterocycles. The normalized spacial score (nSPS) is 11.6. The molecular weight excluding hydrogens is 451 g/mol. The van der Waals surface area contributed by atoms with E-state index in [2.05, 4.69) is 29.4 Å². The Morgan fingerprint density at radius 2 is 1.89 bits per heavy atom. The minimum absolute atomic E-state index is 0.204.